The lowest BCUT2D eigenvalue weighted by Gasteiger charge is -2.57. The van der Waals surface area contributed by atoms with E-state index in [0.29, 0.717) is 30.6 Å². The van der Waals surface area contributed by atoms with Gasteiger partial charge in [0.25, 0.3) is 0 Å². The predicted octanol–water partition coefficient (Wildman–Crippen LogP) is 3.16. The smallest absolute Gasteiger partial charge is 0.217 e. The number of rotatable bonds is 2. The standard InChI is InChI=1S/C19H30O5S/c1-18-9-7-13(24-25(21,22)23)11-12(18)3-4-14-15-5-6-17(20)19(15,2)10-8-16(14)18/h3,13-17,20H,4-11H2,1-2H3,(H,21,22,23)/p-1/t13-,14-,15-,16-,17-,18-,19-/m0/s1. The van der Waals surface area contributed by atoms with Crippen molar-refractivity contribution >= 4 is 10.4 Å². The van der Waals surface area contributed by atoms with Crippen LogP contribution in [0.3, 0.4) is 0 Å². The normalized spacial score (nSPS) is 49.8. The molecule has 0 amide bonds. The van der Waals surface area contributed by atoms with Crippen molar-refractivity contribution in [2.24, 2.45) is 28.6 Å². The minimum atomic E-state index is -4.64. The predicted molar refractivity (Wildman–Crippen MR) is 92.3 cm³/mol. The molecule has 0 bridgehead atoms. The molecule has 25 heavy (non-hydrogen) atoms. The molecule has 0 spiro atoms. The zero-order chi connectivity index (χ0) is 18.0. The van der Waals surface area contributed by atoms with E-state index in [2.05, 4.69) is 19.9 Å². The molecule has 0 aromatic carbocycles. The summed E-state index contributed by atoms with van der Waals surface area (Å²) in [5.41, 5.74) is 1.44. The maximum atomic E-state index is 10.9. The van der Waals surface area contributed by atoms with Gasteiger partial charge in [-0.15, -0.1) is 0 Å². The molecule has 5 nitrogen and oxygen atoms in total. The van der Waals surface area contributed by atoms with E-state index < -0.39 is 16.5 Å². The Balaban J connectivity index is 1.58. The summed E-state index contributed by atoms with van der Waals surface area (Å²) in [6.45, 7) is 4.60. The molecule has 0 heterocycles. The number of allylic oxidation sites excluding steroid dienone is 1. The van der Waals surface area contributed by atoms with E-state index >= 15 is 0 Å². The molecule has 6 heteroatoms. The van der Waals surface area contributed by atoms with E-state index in [4.69, 9.17) is 4.18 Å². The molecule has 3 fully saturated rings. The Kier molecular flexibility index (Phi) is 4.15. The van der Waals surface area contributed by atoms with Gasteiger partial charge < -0.3 is 9.66 Å². The van der Waals surface area contributed by atoms with Crippen molar-refractivity contribution < 1.29 is 22.3 Å². The van der Waals surface area contributed by atoms with Gasteiger partial charge in [-0.05, 0) is 80.0 Å². The summed E-state index contributed by atoms with van der Waals surface area (Å²) < 4.78 is 37.6. The fourth-order valence-corrected chi connectivity index (χ4v) is 7.35. The third kappa shape index (κ3) is 2.80. The summed E-state index contributed by atoms with van der Waals surface area (Å²) in [5, 5.41) is 10.5. The van der Waals surface area contributed by atoms with Crippen molar-refractivity contribution in [1.82, 2.24) is 0 Å². The zero-order valence-corrected chi connectivity index (χ0v) is 15.9. The minimum absolute atomic E-state index is 0.0693. The van der Waals surface area contributed by atoms with Crippen molar-refractivity contribution in [3.63, 3.8) is 0 Å². The fraction of sp³-hybridized carbons (Fsp3) is 0.895. The molecule has 0 aromatic heterocycles. The lowest BCUT2D eigenvalue weighted by atomic mass is 9.48. The molecule has 3 saturated carbocycles. The van der Waals surface area contributed by atoms with Gasteiger partial charge in [0, 0.05) is 0 Å². The monoisotopic (exact) mass is 369 g/mol. The quantitative estimate of drug-likeness (QED) is 0.459. The van der Waals surface area contributed by atoms with E-state index in [0.717, 1.165) is 38.5 Å². The second kappa shape index (κ2) is 5.78. The zero-order valence-electron chi connectivity index (χ0n) is 15.1. The highest BCUT2D eigenvalue weighted by atomic mass is 32.3. The van der Waals surface area contributed by atoms with Crippen molar-refractivity contribution in [2.75, 3.05) is 0 Å². The Morgan fingerprint density at radius 1 is 1.16 bits per heavy atom. The molecular weight excluding hydrogens is 340 g/mol. The molecule has 142 valence electrons. The summed E-state index contributed by atoms with van der Waals surface area (Å²) >= 11 is 0. The summed E-state index contributed by atoms with van der Waals surface area (Å²) in [5.74, 6) is 1.80. The number of fused-ring (bicyclic) bond motifs is 5. The van der Waals surface area contributed by atoms with Crippen molar-refractivity contribution in [2.45, 2.75) is 77.4 Å². The van der Waals surface area contributed by atoms with Gasteiger partial charge in [0.2, 0.25) is 10.4 Å². The van der Waals surface area contributed by atoms with Crippen molar-refractivity contribution in [1.29, 1.82) is 0 Å². The fourth-order valence-electron chi connectivity index (χ4n) is 6.85. The summed E-state index contributed by atoms with van der Waals surface area (Å²) in [7, 11) is -4.64. The van der Waals surface area contributed by atoms with Crippen LogP contribution in [-0.2, 0) is 14.6 Å². The first kappa shape index (κ1) is 18.0. The lowest BCUT2D eigenvalue weighted by molar-refractivity contribution is -0.0703. The second-order valence-corrected chi connectivity index (χ2v) is 10.3. The molecule has 0 unspecified atom stereocenters. The van der Waals surface area contributed by atoms with Gasteiger partial charge in [0.15, 0.2) is 0 Å². The van der Waals surface area contributed by atoms with Gasteiger partial charge in [-0.1, -0.05) is 25.5 Å². The van der Waals surface area contributed by atoms with E-state index in [9.17, 15) is 18.1 Å². The van der Waals surface area contributed by atoms with E-state index in [1.54, 1.807) is 0 Å². The lowest BCUT2D eigenvalue weighted by Crippen LogP contribution is -2.51. The molecule has 7 atom stereocenters. The van der Waals surface area contributed by atoms with Crippen LogP contribution in [0.25, 0.3) is 0 Å². The topological polar surface area (TPSA) is 86.7 Å². The molecule has 4 rings (SSSR count). The third-order valence-corrected chi connectivity index (χ3v) is 8.77. The van der Waals surface area contributed by atoms with Crippen LogP contribution in [0.1, 0.15) is 65.2 Å². The minimum Gasteiger partial charge on any atom is -0.726 e. The Morgan fingerprint density at radius 2 is 1.92 bits per heavy atom. The van der Waals surface area contributed by atoms with Gasteiger partial charge in [-0.3, -0.25) is 4.18 Å². The Morgan fingerprint density at radius 3 is 2.64 bits per heavy atom. The van der Waals surface area contributed by atoms with Crippen molar-refractivity contribution in [3.05, 3.63) is 11.6 Å². The van der Waals surface area contributed by atoms with Gasteiger partial charge in [-0.2, -0.15) is 0 Å². The number of aliphatic hydroxyl groups excluding tert-OH is 1. The van der Waals surface area contributed by atoms with Crippen LogP contribution in [0.4, 0.5) is 0 Å². The average molecular weight is 370 g/mol. The van der Waals surface area contributed by atoms with Crippen molar-refractivity contribution in [3.8, 4) is 0 Å². The van der Waals surface area contributed by atoms with Crippen LogP contribution >= 0.6 is 0 Å². The highest BCUT2D eigenvalue weighted by Crippen LogP contribution is 2.64. The largest absolute Gasteiger partial charge is 0.726 e. The molecule has 1 N–H and O–H groups in total. The molecule has 0 aromatic rings. The first-order valence-corrected chi connectivity index (χ1v) is 11.0. The molecule has 4 aliphatic carbocycles. The molecular formula is C19H29O5S-. The van der Waals surface area contributed by atoms with E-state index in [1.165, 1.54) is 5.57 Å². The summed E-state index contributed by atoms with van der Waals surface area (Å²) in [6, 6.07) is 0. The Hall–Kier alpha value is -0.430. The van der Waals surface area contributed by atoms with Crippen LogP contribution in [0.5, 0.6) is 0 Å². The van der Waals surface area contributed by atoms with Crippen LogP contribution in [-0.4, -0.2) is 30.3 Å². The summed E-state index contributed by atoms with van der Waals surface area (Å²) in [4.78, 5) is 0. The van der Waals surface area contributed by atoms with Gasteiger partial charge in [-0.25, -0.2) is 8.42 Å². The number of aliphatic hydroxyl groups is 1. The molecule has 0 radical (unpaired) electrons. The SMILES string of the molecule is C[C@]12CC[C@H]3[C@@H](CC=C4C[C@@H](OS(=O)(=O)[O-])CC[C@@]43C)[C@@H]1CC[C@@H]2O. The Labute approximate surface area is 150 Å². The molecule has 0 saturated heterocycles. The maximum absolute atomic E-state index is 10.9. The second-order valence-electron chi connectivity index (χ2n) is 9.27. The van der Waals surface area contributed by atoms with Crippen LogP contribution in [0, 0.1) is 28.6 Å². The Bertz CT molecular complexity index is 686. The number of hydrogen-bond donors (Lipinski definition) is 1. The van der Waals surface area contributed by atoms with E-state index in [-0.39, 0.29) is 16.9 Å². The van der Waals surface area contributed by atoms with Crippen LogP contribution in [0.2, 0.25) is 0 Å². The van der Waals surface area contributed by atoms with Crippen LogP contribution in [0.15, 0.2) is 11.6 Å². The van der Waals surface area contributed by atoms with Crippen LogP contribution < -0.4 is 0 Å². The third-order valence-electron chi connectivity index (χ3n) is 8.26. The first-order chi connectivity index (χ1) is 11.6. The van der Waals surface area contributed by atoms with E-state index in [1.807, 2.05) is 0 Å². The van der Waals surface area contributed by atoms with Gasteiger partial charge in [0.1, 0.15) is 0 Å². The highest BCUT2D eigenvalue weighted by molar-refractivity contribution is 7.80. The molecule has 4 aliphatic rings. The molecule has 0 aliphatic heterocycles. The first-order valence-electron chi connectivity index (χ1n) is 9.65. The average Bonchev–Trinajstić information content (AvgIpc) is 2.82. The maximum Gasteiger partial charge on any atom is 0.217 e. The van der Waals surface area contributed by atoms with Gasteiger partial charge >= 0.3 is 0 Å². The van der Waals surface area contributed by atoms with Gasteiger partial charge in [0.05, 0.1) is 12.2 Å². The number of hydrogen-bond acceptors (Lipinski definition) is 5. The summed E-state index contributed by atoms with van der Waals surface area (Å²) in [6.07, 6.45) is 8.98. The highest BCUT2D eigenvalue weighted by Gasteiger charge is 2.58.